The molecule has 0 N–H and O–H groups in total. The van der Waals surface area contributed by atoms with E-state index in [1.165, 1.54) is 6.04 Å². The lowest BCUT2D eigenvalue weighted by Crippen LogP contribution is -2.35. The Morgan fingerprint density at radius 2 is 2.29 bits per heavy atom. The smallest absolute Gasteiger partial charge is 0.250 e. The average molecular weight is 251 g/mol. The van der Waals surface area contributed by atoms with E-state index in [0.29, 0.717) is 6.42 Å². The second kappa shape index (κ2) is 4.78. The highest BCUT2D eigenvalue weighted by Gasteiger charge is 2.35. The van der Waals surface area contributed by atoms with Gasteiger partial charge in [-0.1, -0.05) is 43.9 Å². The van der Waals surface area contributed by atoms with Gasteiger partial charge in [-0.15, -0.1) is 0 Å². The van der Waals surface area contributed by atoms with E-state index in [2.05, 4.69) is 37.9 Å². The molecule has 0 aromatic rings. The molecule has 0 bridgehead atoms. The lowest BCUT2D eigenvalue weighted by molar-refractivity contribution is -0.180. The van der Waals surface area contributed by atoms with Crippen molar-refractivity contribution in [3.63, 3.8) is 0 Å². The van der Waals surface area contributed by atoms with Crippen LogP contribution < -0.4 is 0 Å². The number of fused-ring (bicyclic) bond motifs is 1. The van der Waals surface area contributed by atoms with Gasteiger partial charge in [-0.3, -0.25) is 9.63 Å². The second-order valence-corrected chi connectivity index (χ2v) is 11.5. The molecule has 0 unspecified atom stereocenters. The van der Waals surface area contributed by atoms with Crippen molar-refractivity contribution >= 4 is 14.0 Å². The quantitative estimate of drug-likeness (QED) is 0.570. The minimum Gasteiger partial charge on any atom is -0.272 e. The molecule has 0 aromatic carbocycles. The van der Waals surface area contributed by atoms with Crippen LogP contribution in [0.2, 0.25) is 25.7 Å². The van der Waals surface area contributed by atoms with Gasteiger partial charge in [0.2, 0.25) is 0 Å². The number of hydrogen-bond acceptors (Lipinski definition) is 2. The Bertz CT molecular complexity index is 357. The van der Waals surface area contributed by atoms with Crippen molar-refractivity contribution in [3.8, 4) is 0 Å². The molecule has 3 nitrogen and oxygen atoms in total. The first-order valence-electron chi connectivity index (χ1n) is 6.28. The molecule has 0 aliphatic carbocycles. The summed E-state index contributed by atoms with van der Waals surface area (Å²) >= 11 is 0. The summed E-state index contributed by atoms with van der Waals surface area (Å²) in [4.78, 5) is 17.2. The first-order chi connectivity index (χ1) is 7.96. The van der Waals surface area contributed by atoms with Crippen molar-refractivity contribution in [2.75, 3.05) is 0 Å². The van der Waals surface area contributed by atoms with Crippen molar-refractivity contribution in [3.05, 3.63) is 24.3 Å². The van der Waals surface area contributed by atoms with E-state index in [1.807, 2.05) is 6.08 Å². The maximum Gasteiger partial charge on any atom is 0.250 e. The number of nitrogens with zero attached hydrogens (tertiary/aromatic N) is 1. The average Bonchev–Trinajstić information content (AvgIpc) is 2.60. The van der Waals surface area contributed by atoms with Crippen molar-refractivity contribution < 1.29 is 9.63 Å². The minimum absolute atomic E-state index is 0.0723. The Balaban J connectivity index is 1.90. The van der Waals surface area contributed by atoms with Crippen molar-refractivity contribution in [2.45, 2.75) is 50.7 Å². The van der Waals surface area contributed by atoms with Gasteiger partial charge in [0.25, 0.3) is 5.91 Å². The number of carbonyl (C=O) groups excluding carboxylic acids is 1. The van der Waals surface area contributed by atoms with Gasteiger partial charge in [-0.2, -0.15) is 0 Å². The van der Waals surface area contributed by atoms with Gasteiger partial charge >= 0.3 is 0 Å². The molecule has 4 heteroatoms. The van der Waals surface area contributed by atoms with E-state index in [0.717, 1.165) is 6.42 Å². The first kappa shape index (κ1) is 12.6. The summed E-state index contributed by atoms with van der Waals surface area (Å²) in [6.07, 6.45) is 9.81. The van der Waals surface area contributed by atoms with Crippen LogP contribution in [0, 0.1) is 0 Å². The van der Waals surface area contributed by atoms with E-state index in [1.54, 1.807) is 5.06 Å². The van der Waals surface area contributed by atoms with Crippen LogP contribution in [0.25, 0.3) is 0 Å². The Kier molecular flexibility index (Phi) is 3.54. The molecule has 1 fully saturated rings. The molecule has 0 spiro atoms. The summed E-state index contributed by atoms with van der Waals surface area (Å²) in [6, 6.07) is 1.32. The highest BCUT2D eigenvalue weighted by molar-refractivity contribution is 6.76. The van der Waals surface area contributed by atoms with Crippen LogP contribution >= 0.6 is 0 Å². The molecule has 17 heavy (non-hydrogen) atoms. The van der Waals surface area contributed by atoms with Crippen LogP contribution in [0.4, 0.5) is 0 Å². The molecule has 0 radical (unpaired) electrons. The topological polar surface area (TPSA) is 29.5 Å². The van der Waals surface area contributed by atoms with Gasteiger partial charge in [0.1, 0.15) is 6.10 Å². The standard InChI is InChI=1S/C13H21NO2Si/c1-17(2,3)9-5-7-12-10-11-6-4-8-13(15)14(11)16-12/h4-7,11-12H,8-10H2,1-3H3/b7-5+/t11-,12+/m1/s1. The highest BCUT2D eigenvalue weighted by Crippen LogP contribution is 2.27. The van der Waals surface area contributed by atoms with E-state index < -0.39 is 8.07 Å². The van der Waals surface area contributed by atoms with E-state index in [-0.39, 0.29) is 18.1 Å². The van der Waals surface area contributed by atoms with E-state index >= 15 is 0 Å². The maximum absolute atomic E-state index is 11.6. The lowest BCUT2D eigenvalue weighted by Gasteiger charge is -2.22. The molecule has 94 valence electrons. The van der Waals surface area contributed by atoms with Crippen LogP contribution in [0.3, 0.4) is 0 Å². The zero-order valence-electron chi connectivity index (χ0n) is 10.8. The Labute approximate surface area is 104 Å². The lowest BCUT2D eigenvalue weighted by atomic mass is 10.1. The fraction of sp³-hybridized carbons (Fsp3) is 0.615. The summed E-state index contributed by atoms with van der Waals surface area (Å²) < 4.78 is 0. The first-order valence-corrected chi connectivity index (χ1v) is 9.98. The number of carbonyl (C=O) groups is 1. The van der Waals surface area contributed by atoms with Crippen LogP contribution in [0.15, 0.2) is 24.3 Å². The number of allylic oxidation sites excluding steroid dienone is 1. The van der Waals surface area contributed by atoms with E-state index in [9.17, 15) is 4.79 Å². The normalized spacial score (nSPS) is 29.1. The summed E-state index contributed by atoms with van der Waals surface area (Å²) in [6.45, 7) is 7.05. The molecule has 0 aromatic heterocycles. The summed E-state index contributed by atoms with van der Waals surface area (Å²) in [5.41, 5.74) is 0. The predicted molar refractivity (Wildman–Crippen MR) is 71.2 cm³/mol. The summed E-state index contributed by atoms with van der Waals surface area (Å²) in [5.74, 6) is 0.0820. The molecule has 2 aliphatic rings. The third-order valence-corrected chi connectivity index (χ3v) is 4.46. The molecule has 1 saturated heterocycles. The molecular formula is C13H21NO2Si. The fourth-order valence-electron chi connectivity index (χ4n) is 2.10. The predicted octanol–water partition coefficient (Wildman–Crippen LogP) is 2.74. The fourth-order valence-corrected chi connectivity index (χ4v) is 2.95. The van der Waals surface area contributed by atoms with Crippen molar-refractivity contribution in [1.82, 2.24) is 5.06 Å². The van der Waals surface area contributed by atoms with Crippen LogP contribution in [0.1, 0.15) is 12.8 Å². The zero-order valence-corrected chi connectivity index (χ0v) is 11.8. The van der Waals surface area contributed by atoms with Crippen LogP contribution in [-0.4, -0.2) is 31.2 Å². The number of hydrogen-bond donors (Lipinski definition) is 0. The van der Waals surface area contributed by atoms with Gasteiger partial charge in [0.05, 0.1) is 6.04 Å². The van der Waals surface area contributed by atoms with Gasteiger partial charge in [-0.25, -0.2) is 5.06 Å². The summed E-state index contributed by atoms with van der Waals surface area (Å²) in [7, 11) is -1.02. The number of amides is 1. The van der Waals surface area contributed by atoms with Gasteiger partial charge < -0.3 is 0 Å². The monoisotopic (exact) mass is 251 g/mol. The van der Waals surface area contributed by atoms with Gasteiger partial charge in [-0.05, 0) is 6.04 Å². The Hall–Kier alpha value is -0.873. The summed E-state index contributed by atoms with van der Waals surface area (Å²) in [5, 5.41) is 1.55. The highest BCUT2D eigenvalue weighted by atomic mass is 28.3. The largest absolute Gasteiger partial charge is 0.272 e. The number of rotatable bonds is 3. The maximum atomic E-state index is 11.6. The number of hydroxylamine groups is 2. The van der Waals surface area contributed by atoms with Crippen molar-refractivity contribution in [1.29, 1.82) is 0 Å². The Morgan fingerprint density at radius 1 is 1.53 bits per heavy atom. The van der Waals surface area contributed by atoms with Gasteiger partial charge in [0.15, 0.2) is 0 Å². The zero-order chi connectivity index (χ0) is 12.5. The molecular weight excluding hydrogens is 230 g/mol. The molecule has 2 atom stereocenters. The third kappa shape index (κ3) is 3.29. The minimum atomic E-state index is -1.02. The molecule has 2 heterocycles. The van der Waals surface area contributed by atoms with Crippen molar-refractivity contribution in [2.24, 2.45) is 0 Å². The van der Waals surface area contributed by atoms with Crippen LogP contribution in [0.5, 0.6) is 0 Å². The third-order valence-electron chi connectivity index (χ3n) is 3.00. The van der Waals surface area contributed by atoms with E-state index in [4.69, 9.17) is 4.84 Å². The second-order valence-electron chi connectivity index (χ2n) is 5.99. The van der Waals surface area contributed by atoms with Gasteiger partial charge in [0, 0.05) is 20.9 Å². The van der Waals surface area contributed by atoms with Crippen LogP contribution in [-0.2, 0) is 9.63 Å². The molecule has 0 saturated carbocycles. The molecule has 2 rings (SSSR count). The SMILES string of the molecule is C[Si](C)(C)C/C=C/[C@H]1C[C@H]2C=CCC(=O)N2O1. The molecule has 2 aliphatic heterocycles. The Morgan fingerprint density at radius 3 is 2.94 bits per heavy atom. The molecule has 1 amide bonds.